The summed E-state index contributed by atoms with van der Waals surface area (Å²) in [6.45, 7) is 6.26. The lowest BCUT2D eigenvalue weighted by atomic mass is 9.73. The zero-order valence-electron chi connectivity index (χ0n) is 23.0. The second-order valence-corrected chi connectivity index (χ2v) is 10.9. The van der Waals surface area contributed by atoms with Gasteiger partial charge in [0.15, 0.2) is 5.78 Å². The Morgan fingerprint density at radius 2 is 1.83 bits per heavy atom. The lowest BCUT2D eigenvalue weighted by Crippen LogP contribution is -2.39. The number of allylic oxidation sites excluding steroid dienone is 3. The van der Waals surface area contributed by atoms with Gasteiger partial charge in [0.2, 0.25) is 0 Å². The number of nitrogens with zero attached hydrogens (tertiary/aromatic N) is 3. The van der Waals surface area contributed by atoms with E-state index in [9.17, 15) is 20.2 Å². The molecule has 3 aromatic rings. The van der Waals surface area contributed by atoms with E-state index in [1.165, 1.54) is 18.2 Å². The molecule has 5 rings (SSSR count). The smallest absolute Gasteiger partial charge is 0.271 e. The first-order chi connectivity index (χ1) is 19.6. The number of carbonyl (C=O) groups excluding carboxylic acids is 1. The van der Waals surface area contributed by atoms with Crippen LogP contribution in [-0.2, 0) is 11.4 Å². The topological polar surface area (TPSA) is 122 Å². The average molecular weight is 569 g/mol. The van der Waals surface area contributed by atoms with Crippen LogP contribution >= 0.6 is 11.6 Å². The molecule has 0 saturated heterocycles. The van der Waals surface area contributed by atoms with Gasteiger partial charge in [-0.1, -0.05) is 47.0 Å². The summed E-state index contributed by atoms with van der Waals surface area (Å²) in [6, 6.07) is 18.2. The van der Waals surface area contributed by atoms with Gasteiger partial charge in [0.25, 0.3) is 5.69 Å². The number of anilines is 1. The number of halogens is 1. The Balaban J connectivity index is 1.66. The monoisotopic (exact) mass is 568 g/mol. The Morgan fingerprint density at radius 1 is 1.10 bits per heavy atom. The van der Waals surface area contributed by atoms with Gasteiger partial charge < -0.3 is 10.5 Å². The maximum absolute atomic E-state index is 13.6. The van der Waals surface area contributed by atoms with Crippen LogP contribution in [0.15, 0.2) is 77.3 Å². The van der Waals surface area contributed by atoms with E-state index in [2.05, 4.69) is 6.07 Å². The van der Waals surface area contributed by atoms with E-state index >= 15 is 0 Å². The number of non-ortho nitro benzene ring substituents is 1. The van der Waals surface area contributed by atoms with E-state index in [0.29, 0.717) is 37.1 Å². The molecule has 0 aromatic heterocycles. The minimum Gasteiger partial charge on any atom is -0.489 e. The van der Waals surface area contributed by atoms with Crippen LogP contribution in [0, 0.1) is 42.2 Å². The lowest BCUT2D eigenvalue weighted by Gasteiger charge is -2.40. The largest absolute Gasteiger partial charge is 0.489 e. The molecule has 2 aliphatic rings. The summed E-state index contributed by atoms with van der Waals surface area (Å²) >= 11 is 6.53. The maximum atomic E-state index is 13.6. The number of nitrogens with two attached hydrogens (primary N) is 1. The van der Waals surface area contributed by atoms with Crippen molar-refractivity contribution in [3.63, 3.8) is 0 Å². The number of ether oxygens (including phenoxy) is 1. The number of carbonyl (C=O) groups is 1. The first kappa shape index (κ1) is 27.9. The number of hydrogen-bond acceptors (Lipinski definition) is 7. The van der Waals surface area contributed by atoms with E-state index in [0.717, 1.165) is 33.6 Å². The lowest BCUT2D eigenvalue weighted by molar-refractivity contribution is -0.384. The van der Waals surface area contributed by atoms with Crippen molar-refractivity contribution in [3.05, 3.63) is 120 Å². The Hall–Kier alpha value is -4.61. The van der Waals surface area contributed by atoms with E-state index in [4.69, 9.17) is 22.1 Å². The molecule has 0 fully saturated rings. The van der Waals surface area contributed by atoms with Crippen molar-refractivity contribution in [3.8, 4) is 11.8 Å². The first-order valence-electron chi connectivity index (χ1n) is 13.3. The van der Waals surface area contributed by atoms with Gasteiger partial charge in [-0.3, -0.25) is 19.8 Å². The number of nitro groups is 1. The summed E-state index contributed by atoms with van der Waals surface area (Å²) in [5.74, 6) is 0.0807. The van der Waals surface area contributed by atoms with Crippen molar-refractivity contribution < 1.29 is 14.5 Å². The van der Waals surface area contributed by atoms with Crippen LogP contribution in [0.4, 0.5) is 11.4 Å². The maximum Gasteiger partial charge on any atom is 0.271 e. The third kappa shape index (κ3) is 5.17. The third-order valence-corrected chi connectivity index (χ3v) is 8.04. The molecular formula is C32H29ClN4O4. The van der Waals surface area contributed by atoms with Crippen LogP contribution in [0.25, 0.3) is 0 Å². The molecule has 0 saturated carbocycles. The van der Waals surface area contributed by atoms with Crippen LogP contribution in [0.1, 0.15) is 53.0 Å². The number of rotatable bonds is 6. The third-order valence-electron chi connectivity index (χ3n) is 7.72. The minimum absolute atomic E-state index is 0.0820. The van der Waals surface area contributed by atoms with Crippen molar-refractivity contribution in [2.24, 2.45) is 5.73 Å². The molecule has 1 atom stereocenters. The van der Waals surface area contributed by atoms with Crippen LogP contribution in [-0.4, -0.2) is 10.7 Å². The van der Waals surface area contributed by atoms with Gasteiger partial charge in [0.1, 0.15) is 18.2 Å². The fourth-order valence-corrected chi connectivity index (χ4v) is 5.87. The van der Waals surface area contributed by atoms with Crippen LogP contribution < -0.4 is 15.4 Å². The molecule has 0 radical (unpaired) electrons. The summed E-state index contributed by atoms with van der Waals surface area (Å²) in [7, 11) is 0. The highest BCUT2D eigenvalue weighted by atomic mass is 35.5. The van der Waals surface area contributed by atoms with Gasteiger partial charge in [0, 0.05) is 29.8 Å². The molecule has 1 unspecified atom stereocenters. The van der Waals surface area contributed by atoms with E-state index in [-0.39, 0.29) is 33.6 Å². The molecule has 1 aliphatic carbocycles. The quantitative estimate of drug-likeness (QED) is 0.249. The van der Waals surface area contributed by atoms with E-state index in [1.807, 2.05) is 57.2 Å². The fraction of sp³-hybridized carbons (Fsp3) is 0.250. The van der Waals surface area contributed by atoms with Gasteiger partial charge >= 0.3 is 0 Å². The van der Waals surface area contributed by atoms with Crippen molar-refractivity contribution in [2.75, 3.05) is 4.90 Å². The second-order valence-electron chi connectivity index (χ2n) is 10.4. The number of benzene rings is 3. The predicted molar refractivity (Wildman–Crippen MR) is 157 cm³/mol. The number of aryl methyl sites for hydroxylation is 2. The Morgan fingerprint density at radius 3 is 2.51 bits per heavy atom. The summed E-state index contributed by atoms with van der Waals surface area (Å²) in [6.07, 6.45) is 1.42. The zero-order valence-corrected chi connectivity index (χ0v) is 23.8. The molecular weight excluding hydrogens is 540 g/mol. The number of ketones is 1. The summed E-state index contributed by atoms with van der Waals surface area (Å²) in [5, 5.41) is 22.2. The molecule has 1 aliphatic heterocycles. The molecule has 3 aromatic carbocycles. The molecule has 2 N–H and O–H groups in total. The standard InChI is InChI=1S/C32H29ClN4O4/c1-18-7-10-23(11-8-18)41-17-21-13-19(2)14-24(20(21)3)30-25(16-34)32(35)36(27-5-4-6-29(38)31(27)30)28-15-22(37(39)40)9-12-26(28)33/h7-15,30H,4-6,17,35H2,1-3H3. The predicted octanol–water partition coefficient (Wildman–Crippen LogP) is 7.06. The number of nitro benzene ring substituents is 1. The Bertz CT molecular complexity index is 1680. The van der Waals surface area contributed by atoms with E-state index < -0.39 is 10.8 Å². The number of hydrogen-bond donors (Lipinski definition) is 1. The summed E-state index contributed by atoms with van der Waals surface area (Å²) < 4.78 is 6.09. The normalized spacial score (nSPS) is 16.9. The van der Waals surface area contributed by atoms with E-state index in [1.54, 1.807) is 4.90 Å². The summed E-state index contributed by atoms with van der Waals surface area (Å²) in [5.41, 5.74) is 12.8. The van der Waals surface area contributed by atoms with Crippen molar-refractivity contribution in [1.82, 2.24) is 0 Å². The molecule has 1 heterocycles. The average Bonchev–Trinajstić information content (AvgIpc) is 2.94. The molecule has 208 valence electrons. The highest BCUT2D eigenvalue weighted by molar-refractivity contribution is 6.33. The zero-order chi connectivity index (χ0) is 29.4. The van der Waals surface area contributed by atoms with Gasteiger partial charge in [0.05, 0.1) is 33.2 Å². The summed E-state index contributed by atoms with van der Waals surface area (Å²) in [4.78, 5) is 26.2. The second kappa shape index (κ2) is 11.1. The highest BCUT2D eigenvalue weighted by Gasteiger charge is 2.41. The van der Waals surface area contributed by atoms with Crippen LogP contribution in [0.2, 0.25) is 5.02 Å². The van der Waals surface area contributed by atoms with Crippen molar-refractivity contribution in [1.29, 1.82) is 5.26 Å². The van der Waals surface area contributed by atoms with Crippen molar-refractivity contribution >= 4 is 28.8 Å². The van der Waals surface area contributed by atoms with Crippen LogP contribution in [0.3, 0.4) is 0 Å². The number of Topliss-reactive ketones (excluding diaryl/α,β-unsaturated/α-hetero) is 1. The SMILES string of the molecule is Cc1ccc(OCc2cc(C)cc(C3C(C#N)=C(N)N(c4cc([N+](=O)[O-])ccc4Cl)C4=C3C(=O)CCC4)c2C)cc1. The Labute approximate surface area is 243 Å². The molecule has 9 heteroatoms. The number of nitriles is 1. The first-order valence-corrected chi connectivity index (χ1v) is 13.7. The molecule has 41 heavy (non-hydrogen) atoms. The van der Waals surface area contributed by atoms with Crippen molar-refractivity contribution in [2.45, 2.75) is 52.6 Å². The van der Waals surface area contributed by atoms with Gasteiger partial charge in [-0.15, -0.1) is 0 Å². The fourth-order valence-electron chi connectivity index (χ4n) is 5.67. The van der Waals surface area contributed by atoms with Gasteiger partial charge in [-0.05, 0) is 68.5 Å². The molecule has 0 spiro atoms. The Kier molecular flexibility index (Phi) is 7.57. The van der Waals surface area contributed by atoms with Crippen LogP contribution in [0.5, 0.6) is 5.75 Å². The molecule has 0 bridgehead atoms. The highest BCUT2D eigenvalue weighted by Crippen LogP contribution is 2.49. The molecule has 0 amide bonds. The van der Waals surface area contributed by atoms with Gasteiger partial charge in [-0.25, -0.2) is 0 Å². The minimum atomic E-state index is -0.686. The molecule has 8 nitrogen and oxygen atoms in total. The van der Waals surface area contributed by atoms with Gasteiger partial charge in [-0.2, -0.15) is 5.26 Å².